The summed E-state index contributed by atoms with van der Waals surface area (Å²) in [6.45, 7) is 7.08. The van der Waals surface area contributed by atoms with E-state index in [9.17, 15) is 4.79 Å². The van der Waals surface area contributed by atoms with E-state index in [1.54, 1.807) is 12.1 Å². The zero-order chi connectivity index (χ0) is 12.0. The van der Waals surface area contributed by atoms with Gasteiger partial charge in [0.15, 0.2) is 0 Å². The van der Waals surface area contributed by atoms with Crippen LogP contribution in [0.25, 0.3) is 0 Å². The molecule has 4 heteroatoms. The largest absolute Gasteiger partial charge is 0.372 e. The fraction of sp³-hybridized carbons (Fsp3) is 0.417. The zero-order valence-corrected chi connectivity index (χ0v) is 9.64. The van der Waals surface area contributed by atoms with Crippen LogP contribution in [0.5, 0.6) is 0 Å². The predicted molar refractivity (Wildman–Crippen MR) is 61.1 cm³/mol. The van der Waals surface area contributed by atoms with E-state index in [1.807, 2.05) is 12.1 Å². The van der Waals surface area contributed by atoms with Crippen LogP contribution in [0.3, 0.4) is 0 Å². The Kier molecular flexibility index (Phi) is 4.95. The Balaban J connectivity index is 2.67. The van der Waals surface area contributed by atoms with Gasteiger partial charge in [0, 0.05) is 6.54 Å². The molecule has 0 atom stereocenters. The fourth-order valence-electron chi connectivity index (χ4n) is 1.50. The van der Waals surface area contributed by atoms with Crippen molar-refractivity contribution in [1.29, 1.82) is 0 Å². The minimum absolute atomic E-state index is 0.353. The van der Waals surface area contributed by atoms with E-state index < -0.39 is 5.97 Å². The molecule has 0 aliphatic heterocycles. The molecule has 1 aromatic rings. The van der Waals surface area contributed by atoms with E-state index in [-0.39, 0.29) is 0 Å². The Morgan fingerprint density at radius 3 is 2.25 bits per heavy atom. The zero-order valence-electron chi connectivity index (χ0n) is 9.64. The number of carbonyl (C=O) groups excluding carboxylic acids is 1. The quantitative estimate of drug-likeness (QED) is 0.614. The van der Waals surface area contributed by atoms with E-state index in [4.69, 9.17) is 5.26 Å². The molecule has 0 aromatic heterocycles. The van der Waals surface area contributed by atoms with Crippen molar-refractivity contribution in [3.05, 3.63) is 35.4 Å². The highest BCUT2D eigenvalue weighted by Crippen LogP contribution is 2.08. The Morgan fingerprint density at radius 1 is 1.25 bits per heavy atom. The molecule has 0 bridgehead atoms. The summed E-state index contributed by atoms with van der Waals surface area (Å²) in [6, 6.07) is 7.03. The molecule has 4 nitrogen and oxygen atoms in total. The van der Waals surface area contributed by atoms with Crippen molar-refractivity contribution in [1.82, 2.24) is 4.90 Å². The van der Waals surface area contributed by atoms with Gasteiger partial charge in [0.1, 0.15) is 0 Å². The minimum Gasteiger partial charge on any atom is -0.300 e. The van der Waals surface area contributed by atoms with E-state index in [0.29, 0.717) is 5.56 Å². The van der Waals surface area contributed by atoms with Crippen LogP contribution in [0.4, 0.5) is 0 Å². The van der Waals surface area contributed by atoms with Crippen LogP contribution in [0.2, 0.25) is 0 Å². The summed E-state index contributed by atoms with van der Waals surface area (Å²) in [5.74, 6) is -0.727. The maximum absolute atomic E-state index is 11.0. The van der Waals surface area contributed by atoms with Gasteiger partial charge in [0.05, 0.1) is 5.56 Å². The third-order valence-electron chi connectivity index (χ3n) is 2.57. The monoisotopic (exact) mass is 223 g/mol. The third-order valence-corrected chi connectivity index (χ3v) is 2.57. The lowest BCUT2D eigenvalue weighted by Gasteiger charge is -2.17. The lowest BCUT2D eigenvalue weighted by atomic mass is 10.1. The Morgan fingerprint density at radius 2 is 1.81 bits per heavy atom. The molecule has 0 heterocycles. The summed E-state index contributed by atoms with van der Waals surface area (Å²) in [6.07, 6.45) is 0. The van der Waals surface area contributed by atoms with Crippen LogP contribution in [0.15, 0.2) is 24.3 Å². The molecular weight excluding hydrogens is 206 g/mol. The van der Waals surface area contributed by atoms with Gasteiger partial charge in [0.2, 0.25) is 0 Å². The summed E-state index contributed by atoms with van der Waals surface area (Å²) in [5.41, 5.74) is 1.49. The van der Waals surface area contributed by atoms with Gasteiger partial charge in [-0.25, -0.2) is 4.79 Å². The van der Waals surface area contributed by atoms with E-state index in [1.165, 1.54) is 0 Å². The van der Waals surface area contributed by atoms with Crippen molar-refractivity contribution in [2.45, 2.75) is 20.4 Å². The first-order valence-corrected chi connectivity index (χ1v) is 5.38. The number of hydrogen-bond donors (Lipinski definition) is 1. The maximum Gasteiger partial charge on any atom is 0.372 e. The molecule has 88 valence electrons. The van der Waals surface area contributed by atoms with Crippen LogP contribution >= 0.6 is 0 Å². The van der Waals surface area contributed by atoms with Gasteiger partial charge >= 0.3 is 5.97 Å². The van der Waals surface area contributed by atoms with E-state index in [2.05, 4.69) is 23.6 Å². The van der Waals surface area contributed by atoms with Gasteiger partial charge in [-0.05, 0) is 30.8 Å². The van der Waals surface area contributed by atoms with E-state index in [0.717, 1.165) is 25.2 Å². The number of benzene rings is 1. The molecule has 0 aliphatic carbocycles. The van der Waals surface area contributed by atoms with Crippen LogP contribution in [0, 0.1) is 0 Å². The van der Waals surface area contributed by atoms with Crippen molar-refractivity contribution in [2.24, 2.45) is 0 Å². The van der Waals surface area contributed by atoms with Crippen molar-refractivity contribution in [2.75, 3.05) is 13.1 Å². The lowest BCUT2D eigenvalue weighted by molar-refractivity contribution is -0.182. The Bertz CT molecular complexity index is 331. The molecule has 0 amide bonds. The predicted octanol–water partition coefficient (Wildman–Crippen LogP) is 2.16. The molecule has 1 aromatic carbocycles. The molecule has 0 fully saturated rings. The highest BCUT2D eigenvalue weighted by atomic mass is 17.1. The van der Waals surface area contributed by atoms with E-state index >= 15 is 0 Å². The summed E-state index contributed by atoms with van der Waals surface area (Å²) in [4.78, 5) is 16.9. The highest BCUT2D eigenvalue weighted by Gasteiger charge is 2.07. The smallest absolute Gasteiger partial charge is 0.300 e. The molecule has 0 saturated carbocycles. The molecule has 16 heavy (non-hydrogen) atoms. The van der Waals surface area contributed by atoms with Crippen molar-refractivity contribution in [3.8, 4) is 0 Å². The summed E-state index contributed by atoms with van der Waals surface area (Å²) >= 11 is 0. The molecule has 0 aliphatic rings. The van der Waals surface area contributed by atoms with Gasteiger partial charge in [-0.15, -0.1) is 0 Å². The highest BCUT2D eigenvalue weighted by molar-refractivity contribution is 5.88. The van der Waals surface area contributed by atoms with Crippen LogP contribution < -0.4 is 0 Å². The number of hydrogen-bond acceptors (Lipinski definition) is 4. The summed E-state index contributed by atoms with van der Waals surface area (Å²) in [5, 5.41) is 8.22. The first-order chi connectivity index (χ1) is 7.71. The van der Waals surface area contributed by atoms with Crippen LogP contribution in [-0.4, -0.2) is 29.2 Å². The standard InChI is InChI=1S/C12H17NO3/c1-3-13(4-2)9-10-5-7-11(8-6-10)12(14)16-15/h5-8,15H,3-4,9H2,1-2H3. The number of nitrogens with zero attached hydrogens (tertiary/aromatic N) is 1. The lowest BCUT2D eigenvalue weighted by Crippen LogP contribution is -2.22. The molecule has 0 saturated heterocycles. The Hall–Kier alpha value is -1.39. The Labute approximate surface area is 95.4 Å². The topological polar surface area (TPSA) is 49.8 Å². The van der Waals surface area contributed by atoms with Gasteiger partial charge in [-0.1, -0.05) is 26.0 Å². The fourth-order valence-corrected chi connectivity index (χ4v) is 1.50. The summed E-state index contributed by atoms with van der Waals surface area (Å²) in [7, 11) is 0. The third kappa shape index (κ3) is 3.32. The molecule has 0 unspecified atom stereocenters. The molecular formula is C12H17NO3. The molecule has 0 radical (unpaired) electrons. The van der Waals surface area contributed by atoms with Crippen molar-refractivity contribution < 1.29 is 14.9 Å². The summed E-state index contributed by atoms with van der Waals surface area (Å²) < 4.78 is 0. The molecule has 1 rings (SSSR count). The maximum atomic E-state index is 11.0. The van der Waals surface area contributed by atoms with Gasteiger partial charge in [0.25, 0.3) is 0 Å². The second-order valence-corrected chi connectivity index (χ2v) is 3.54. The van der Waals surface area contributed by atoms with Crippen LogP contribution in [-0.2, 0) is 11.4 Å². The average molecular weight is 223 g/mol. The minimum atomic E-state index is -0.727. The first-order valence-electron chi connectivity index (χ1n) is 5.38. The second kappa shape index (κ2) is 6.25. The SMILES string of the molecule is CCN(CC)Cc1ccc(C(=O)OO)cc1. The van der Waals surface area contributed by atoms with Gasteiger partial charge in [-0.2, -0.15) is 5.26 Å². The normalized spacial score (nSPS) is 10.5. The number of rotatable bonds is 5. The molecule has 0 spiro atoms. The van der Waals surface area contributed by atoms with Gasteiger partial charge < -0.3 is 0 Å². The van der Waals surface area contributed by atoms with Crippen molar-refractivity contribution >= 4 is 5.97 Å². The molecule has 1 N–H and O–H groups in total. The van der Waals surface area contributed by atoms with Crippen LogP contribution in [0.1, 0.15) is 29.8 Å². The van der Waals surface area contributed by atoms with Crippen molar-refractivity contribution in [3.63, 3.8) is 0 Å². The second-order valence-electron chi connectivity index (χ2n) is 3.54. The number of carbonyl (C=O) groups is 1. The van der Waals surface area contributed by atoms with Gasteiger partial charge in [-0.3, -0.25) is 9.79 Å². The average Bonchev–Trinajstić information content (AvgIpc) is 2.35. The first kappa shape index (κ1) is 12.7.